The number of benzene rings is 1. The Labute approximate surface area is 116 Å². The zero-order chi connectivity index (χ0) is 12.3. The number of rotatable bonds is 2. The van der Waals surface area contributed by atoms with Crippen LogP contribution in [0.2, 0.25) is 0 Å². The summed E-state index contributed by atoms with van der Waals surface area (Å²) in [4.78, 5) is 2.48. The van der Waals surface area contributed by atoms with Gasteiger partial charge >= 0.3 is 0 Å². The lowest BCUT2D eigenvalue weighted by atomic mass is 10.1. The average molecular weight is 315 g/mol. The number of hydrogen-bond acceptors (Lipinski definition) is 3. The van der Waals surface area contributed by atoms with Crippen molar-refractivity contribution in [1.29, 1.82) is 0 Å². The van der Waals surface area contributed by atoms with Gasteiger partial charge in [-0.25, -0.2) is 0 Å². The molecule has 2 rings (SSSR count). The molecule has 1 aromatic rings. The number of hydrogen-bond donors (Lipinski definition) is 1. The minimum absolute atomic E-state index is 0.0917. The van der Waals surface area contributed by atoms with Gasteiger partial charge in [0, 0.05) is 35.0 Å². The van der Waals surface area contributed by atoms with Crippen LogP contribution in [0, 0.1) is 0 Å². The molecule has 0 radical (unpaired) electrons. The third kappa shape index (κ3) is 3.39. The van der Waals surface area contributed by atoms with E-state index in [2.05, 4.69) is 46.0 Å². The Morgan fingerprint density at radius 2 is 2.18 bits per heavy atom. The molecule has 4 heteroatoms. The molecule has 0 aliphatic carbocycles. The van der Waals surface area contributed by atoms with E-state index >= 15 is 0 Å². The molecule has 0 bridgehead atoms. The Morgan fingerprint density at radius 3 is 2.94 bits per heavy atom. The second kappa shape index (κ2) is 6.12. The fourth-order valence-corrected chi connectivity index (χ4v) is 3.40. The maximum atomic E-state index is 6.06. The van der Waals surface area contributed by atoms with Gasteiger partial charge in [0.15, 0.2) is 0 Å². The van der Waals surface area contributed by atoms with E-state index in [1.54, 1.807) is 0 Å². The van der Waals surface area contributed by atoms with Gasteiger partial charge in [-0.2, -0.15) is 11.8 Å². The molecule has 2 N–H and O–H groups in total. The minimum atomic E-state index is 0.0917. The molecule has 1 heterocycles. The van der Waals surface area contributed by atoms with E-state index in [1.165, 1.54) is 29.2 Å². The predicted octanol–water partition coefficient (Wildman–Crippen LogP) is 3.41. The monoisotopic (exact) mass is 314 g/mol. The highest BCUT2D eigenvalue weighted by atomic mass is 79.9. The van der Waals surface area contributed by atoms with Gasteiger partial charge in [-0.05, 0) is 36.8 Å². The zero-order valence-corrected chi connectivity index (χ0v) is 12.6. The van der Waals surface area contributed by atoms with E-state index < -0.39 is 0 Å². The molecule has 1 aromatic carbocycles. The Morgan fingerprint density at radius 1 is 1.35 bits per heavy atom. The van der Waals surface area contributed by atoms with Gasteiger partial charge in [0.25, 0.3) is 0 Å². The molecule has 1 atom stereocenters. The second-order valence-electron chi connectivity index (χ2n) is 4.44. The minimum Gasteiger partial charge on any atom is -0.370 e. The fourth-order valence-electron chi connectivity index (χ4n) is 2.16. The first-order valence-electron chi connectivity index (χ1n) is 6.06. The van der Waals surface area contributed by atoms with Crippen molar-refractivity contribution in [3.63, 3.8) is 0 Å². The van der Waals surface area contributed by atoms with Crippen LogP contribution in [-0.2, 0) is 0 Å². The van der Waals surface area contributed by atoms with Gasteiger partial charge in [0.2, 0.25) is 0 Å². The number of nitrogens with zero attached hydrogens (tertiary/aromatic N) is 1. The van der Waals surface area contributed by atoms with Gasteiger partial charge in [-0.3, -0.25) is 0 Å². The van der Waals surface area contributed by atoms with Crippen molar-refractivity contribution < 1.29 is 0 Å². The summed E-state index contributed by atoms with van der Waals surface area (Å²) in [5.74, 6) is 2.49. The van der Waals surface area contributed by atoms with Crippen LogP contribution in [0.4, 0.5) is 5.69 Å². The zero-order valence-electron chi connectivity index (χ0n) is 10.2. The molecular formula is C13H19BrN2S. The third-order valence-electron chi connectivity index (χ3n) is 3.05. The number of nitrogens with two attached hydrogens (primary N) is 1. The molecule has 0 spiro atoms. The van der Waals surface area contributed by atoms with Crippen molar-refractivity contribution in [2.24, 2.45) is 5.73 Å². The molecule has 0 aromatic heterocycles. The SMILES string of the molecule is CC(N)c1ccc(Br)cc1N1CCCSCC1. The van der Waals surface area contributed by atoms with Crippen LogP contribution in [0.15, 0.2) is 22.7 Å². The summed E-state index contributed by atoms with van der Waals surface area (Å²) in [5.41, 5.74) is 8.62. The van der Waals surface area contributed by atoms with Crippen LogP contribution >= 0.6 is 27.7 Å². The summed E-state index contributed by atoms with van der Waals surface area (Å²) in [6.45, 7) is 4.32. The Hall–Kier alpha value is -0.190. The van der Waals surface area contributed by atoms with E-state index in [4.69, 9.17) is 5.73 Å². The highest BCUT2D eigenvalue weighted by Crippen LogP contribution is 2.30. The smallest absolute Gasteiger partial charge is 0.0426 e. The maximum Gasteiger partial charge on any atom is 0.0426 e. The first-order chi connectivity index (χ1) is 8.18. The van der Waals surface area contributed by atoms with Gasteiger partial charge in [-0.1, -0.05) is 22.0 Å². The van der Waals surface area contributed by atoms with Crippen molar-refractivity contribution in [3.8, 4) is 0 Å². The molecule has 1 unspecified atom stereocenters. The lowest BCUT2D eigenvalue weighted by Crippen LogP contribution is -2.27. The topological polar surface area (TPSA) is 29.3 Å². The maximum absolute atomic E-state index is 6.06. The van der Waals surface area contributed by atoms with Crippen LogP contribution in [0.5, 0.6) is 0 Å². The first kappa shape index (κ1) is 13.2. The molecule has 0 amide bonds. The number of thioether (sulfide) groups is 1. The highest BCUT2D eigenvalue weighted by molar-refractivity contribution is 9.10. The Balaban J connectivity index is 2.30. The van der Waals surface area contributed by atoms with E-state index in [9.17, 15) is 0 Å². The summed E-state index contributed by atoms with van der Waals surface area (Å²) >= 11 is 5.61. The van der Waals surface area contributed by atoms with Gasteiger partial charge in [0.05, 0.1) is 0 Å². The van der Waals surface area contributed by atoms with Crippen LogP contribution in [-0.4, -0.2) is 24.6 Å². The Bertz CT molecular complexity index is 374. The molecule has 94 valence electrons. The van der Waals surface area contributed by atoms with Crippen molar-refractivity contribution in [1.82, 2.24) is 0 Å². The summed E-state index contributed by atoms with van der Waals surface area (Å²) in [5, 5.41) is 0. The molecule has 1 saturated heterocycles. The van der Waals surface area contributed by atoms with Gasteiger partial charge < -0.3 is 10.6 Å². The van der Waals surface area contributed by atoms with Gasteiger partial charge in [-0.15, -0.1) is 0 Å². The molecule has 1 fully saturated rings. The first-order valence-corrected chi connectivity index (χ1v) is 8.01. The largest absolute Gasteiger partial charge is 0.370 e. The third-order valence-corrected chi connectivity index (χ3v) is 4.59. The molecule has 17 heavy (non-hydrogen) atoms. The number of anilines is 1. The van der Waals surface area contributed by atoms with E-state index in [1.807, 2.05) is 11.8 Å². The standard InChI is InChI=1S/C13H19BrN2S/c1-10(15)12-4-3-11(14)9-13(12)16-5-2-7-17-8-6-16/h3-4,9-10H,2,5-8,15H2,1H3. The molecule has 1 aliphatic rings. The quantitative estimate of drug-likeness (QED) is 0.907. The summed E-state index contributed by atoms with van der Waals surface area (Å²) < 4.78 is 1.13. The van der Waals surface area contributed by atoms with Gasteiger partial charge in [0.1, 0.15) is 0 Å². The van der Waals surface area contributed by atoms with Crippen molar-refractivity contribution in [2.45, 2.75) is 19.4 Å². The predicted molar refractivity (Wildman–Crippen MR) is 80.9 cm³/mol. The van der Waals surface area contributed by atoms with E-state index in [0.29, 0.717) is 0 Å². The molecule has 0 saturated carbocycles. The van der Waals surface area contributed by atoms with Crippen LogP contribution in [0.25, 0.3) is 0 Å². The Kier molecular flexibility index (Phi) is 4.77. The summed E-state index contributed by atoms with van der Waals surface area (Å²) in [6.07, 6.45) is 1.26. The summed E-state index contributed by atoms with van der Waals surface area (Å²) in [7, 11) is 0. The van der Waals surface area contributed by atoms with Crippen LogP contribution in [0.3, 0.4) is 0 Å². The highest BCUT2D eigenvalue weighted by Gasteiger charge is 2.15. The van der Waals surface area contributed by atoms with Crippen molar-refractivity contribution in [3.05, 3.63) is 28.2 Å². The molecular weight excluding hydrogens is 296 g/mol. The lowest BCUT2D eigenvalue weighted by molar-refractivity contribution is 0.773. The second-order valence-corrected chi connectivity index (χ2v) is 6.59. The number of halogens is 1. The lowest BCUT2D eigenvalue weighted by Gasteiger charge is -2.26. The van der Waals surface area contributed by atoms with Crippen LogP contribution in [0.1, 0.15) is 24.9 Å². The normalized spacial score (nSPS) is 18.9. The van der Waals surface area contributed by atoms with Crippen molar-refractivity contribution in [2.75, 3.05) is 29.5 Å². The molecule has 2 nitrogen and oxygen atoms in total. The van der Waals surface area contributed by atoms with Crippen molar-refractivity contribution >= 4 is 33.4 Å². The average Bonchev–Trinajstić information content (AvgIpc) is 2.56. The van der Waals surface area contributed by atoms with Crippen LogP contribution < -0.4 is 10.6 Å². The van der Waals surface area contributed by atoms with E-state index in [0.717, 1.165) is 17.6 Å². The van der Waals surface area contributed by atoms with E-state index in [-0.39, 0.29) is 6.04 Å². The summed E-state index contributed by atoms with van der Waals surface area (Å²) in [6, 6.07) is 6.51. The fraction of sp³-hybridized carbons (Fsp3) is 0.538. The molecule has 1 aliphatic heterocycles.